The highest BCUT2D eigenvalue weighted by Gasteiger charge is 2.42. The molecule has 4 aliphatic rings. The van der Waals surface area contributed by atoms with E-state index in [9.17, 15) is 0 Å². The van der Waals surface area contributed by atoms with E-state index in [-0.39, 0.29) is 0 Å². The molecule has 2 atom stereocenters. The molecule has 0 aliphatic heterocycles. The average Bonchev–Trinajstić information content (AvgIpc) is 3.30. The quantitative estimate of drug-likeness (QED) is 0.172. The number of benzene rings is 6. The highest BCUT2D eigenvalue weighted by molar-refractivity contribution is 5.87. The zero-order valence-electron chi connectivity index (χ0n) is 28.6. The van der Waals surface area contributed by atoms with Gasteiger partial charge in [-0.3, -0.25) is 0 Å². The lowest BCUT2D eigenvalue weighted by molar-refractivity contribution is 0.166. The standard InChI is InChI=1S/C47H44N2/c1-32-13-18-42(19-14-32)49(43-20-15-33(2)16-21-43)45-29-37(28-44(31-45)48(40-9-5-3-6-10-40)41-11-7-4-8-12-41)36-17-22-46-38-24-34-23-35(25-38)27-39(26-34)47(46)30-36/h3-22,28-31,34-35,38-39H,23-27H2,1-2H3. The van der Waals surface area contributed by atoms with Crippen molar-refractivity contribution in [3.63, 3.8) is 0 Å². The Morgan fingerprint density at radius 3 is 1.31 bits per heavy atom. The monoisotopic (exact) mass is 636 g/mol. The first kappa shape index (κ1) is 30.0. The van der Waals surface area contributed by atoms with Crippen LogP contribution in [0, 0.1) is 25.7 Å². The van der Waals surface area contributed by atoms with Crippen LogP contribution >= 0.6 is 0 Å². The Bertz CT molecular complexity index is 1980. The van der Waals surface area contributed by atoms with Crippen molar-refractivity contribution in [3.8, 4) is 11.1 Å². The molecular formula is C47H44N2. The van der Waals surface area contributed by atoms with Gasteiger partial charge in [0.05, 0.1) is 0 Å². The summed E-state index contributed by atoms with van der Waals surface area (Å²) < 4.78 is 0. The lowest BCUT2D eigenvalue weighted by Crippen LogP contribution is -2.25. The topological polar surface area (TPSA) is 6.48 Å². The van der Waals surface area contributed by atoms with Crippen molar-refractivity contribution < 1.29 is 0 Å². The summed E-state index contributed by atoms with van der Waals surface area (Å²) in [6.45, 7) is 4.32. The van der Waals surface area contributed by atoms with Gasteiger partial charge in [0.15, 0.2) is 0 Å². The Balaban J connectivity index is 1.26. The van der Waals surface area contributed by atoms with Crippen LogP contribution in [0.5, 0.6) is 0 Å². The van der Waals surface area contributed by atoms with Crippen molar-refractivity contribution in [2.75, 3.05) is 9.80 Å². The molecule has 0 amide bonds. The van der Waals surface area contributed by atoms with Crippen LogP contribution in [0.1, 0.15) is 66.2 Å². The molecule has 6 aromatic rings. The minimum absolute atomic E-state index is 0.704. The highest BCUT2D eigenvalue weighted by Crippen LogP contribution is 2.56. The molecule has 4 aliphatic carbocycles. The summed E-state index contributed by atoms with van der Waals surface area (Å²) in [5, 5.41) is 0. The zero-order valence-corrected chi connectivity index (χ0v) is 28.6. The lowest BCUT2D eigenvalue weighted by atomic mass is 9.67. The molecule has 0 spiro atoms. The number of para-hydroxylation sites is 2. The highest BCUT2D eigenvalue weighted by atomic mass is 15.2. The van der Waals surface area contributed by atoms with Crippen LogP contribution in [0.15, 0.2) is 146 Å². The Labute approximate surface area is 291 Å². The normalized spacial score (nSPS) is 20.4. The minimum atomic E-state index is 0.704. The van der Waals surface area contributed by atoms with Gasteiger partial charge in [-0.1, -0.05) is 90.0 Å². The summed E-state index contributed by atoms with van der Waals surface area (Å²) in [5.74, 6) is 3.27. The maximum Gasteiger partial charge on any atom is 0.0488 e. The lowest BCUT2D eigenvalue weighted by Gasteiger charge is -2.38. The largest absolute Gasteiger partial charge is 0.310 e. The van der Waals surface area contributed by atoms with Gasteiger partial charge in [-0.05, 0) is 159 Å². The van der Waals surface area contributed by atoms with Crippen molar-refractivity contribution in [2.24, 2.45) is 11.8 Å². The number of aryl methyl sites for hydroxylation is 2. The summed E-state index contributed by atoms with van der Waals surface area (Å²) in [6.07, 6.45) is 6.99. The van der Waals surface area contributed by atoms with Gasteiger partial charge in [-0.15, -0.1) is 0 Å². The smallest absolute Gasteiger partial charge is 0.0488 e. The molecule has 242 valence electrons. The van der Waals surface area contributed by atoms with E-state index in [1.165, 1.54) is 54.4 Å². The van der Waals surface area contributed by atoms with E-state index in [1.807, 2.05) is 0 Å². The number of hydrogen-bond donors (Lipinski definition) is 0. The molecule has 0 aromatic heterocycles. The van der Waals surface area contributed by atoms with Crippen molar-refractivity contribution in [2.45, 2.75) is 57.8 Å². The number of anilines is 6. The van der Waals surface area contributed by atoms with Crippen LogP contribution in [0.2, 0.25) is 0 Å². The summed E-state index contributed by atoms with van der Waals surface area (Å²) in [7, 11) is 0. The van der Waals surface area contributed by atoms with Crippen LogP contribution in [0.25, 0.3) is 11.1 Å². The molecular weight excluding hydrogens is 593 g/mol. The maximum absolute atomic E-state index is 2.59. The van der Waals surface area contributed by atoms with Crippen LogP contribution in [-0.2, 0) is 0 Å². The predicted octanol–water partition coefficient (Wildman–Crippen LogP) is 13.3. The second-order valence-corrected chi connectivity index (χ2v) is 14.9. The summed E-state index contributed by atoms with van der Waals surface area (Å²) in [5.41, 5.74) is 15.2. The van der Waals surface area contributed by atoms with E-state index >= 15 is 0 Å². The first-order valence-corrected chi connectivity index (χ1v) is 18.2. The molecule has 4 bridgehead atoms. The molecule has 2 heteroatoms. The average molecular weight is 637 g/mol. The fourth-order valence-corrected chi connectivity index (χ4v) is 9.29. The van der Waals surface area contributed by atoms with E-state index in [0.717, 1.165) is 51.9 Å². The van der Waals surface area contributed by atoms with Gasteiger partial charge >= 0.3 is 0 Å². The van der Waals surface area contributed by atoms with Gasteiger partial charge in [-0.25, -0.2) is 0 Å². The minimum Gasteiger partial charge on any atom is -0.310 e. The van der Waals surface area contributed by atoms with Gasteiger partial charge < -0.3 is 9.80 Å². The molecule has 6 aromatic carbocycles. The van der Waals surface area contributed by atoms with Crippen molar-refractivity contribution >= 4 is 34.1 Å². The molecule has 0 saturated heterocycles. The third kappa shape index (κ3) is 5.74. The van der Waals surface area contributed by atoms with E-state index in [2.05, 4.69) is 169 Å². The molecule has 2 saturated carbocycles. The maximum atomic E-state index is 2.59. The van der Waals surface area contributed by atoms with E-state index in [4.69, 9.17) is 0 Å². The fourth-order valence-electron chi connectivity index (χ4n) is 9.29. The number of hydrogen-bond acceptors (Lipinski definition) is 2. The number of rotatable bonds is 7. The third-order valence-electron chi connectivity index (χ3n) is 11.5. The fraction of sp³-hybridized carbons (Fsp3) is 0.234. The van der Waals surface area contributed by atoms with Crippen LogP contribution < -0.4 is 9.80 Å². The third-order valence-corrected chi connectivity index (χ3v) is 11.5. The second kappa shape index (κ2) is 12.4. The Kier molecular flexibility index (Phi) is 7.61. The molecule has 2 fully saturated rings. The van der Waals surface area contributed by atoms with Crippen molar-refractivity contribution in [1.82, 2.24) is 0 Å². The number of nitrogens with zero attached hydrogens (tertiary/aromatic N) is 2. The summed E-state index contributed by atoms with van der Waals surface area (Å²) >= 11 is 0. The van der Waals surface area contributed by atoms with E-state index in [1.54, 1.807) is 11.1 Å². The van der Waals surface area contributed by atoms with Crippen LogP contribution in [0.3, 0.4) is 0 Å². The van der Waals surface area contributed by atoms with Gasteiger partial charge in [0, 0.05) is 34.1 Å². The molecule has 0 N–H and O–H groups in total. The molecule has 10 rings (SSSR count). The molecule has 0 heterocycles. The van der Waals surface area contributed by atoms with Gasteiger partial charge in [0.2, 0.25) is 0 Å². The molecule has 2 unspecified atom stereocenters. The van der Waals surface area contributed by atoms with E-state index < -0.39 is 0 Å². The van der Waals surface area contributed by atoms with Crippen LogP contribution in [0.4, 0.5) is 34.1 Å². The Morgan fingerprint density at radius 1 is 0.367 bits per heavy atom. The first-order valence-electron chi connectivity index (χ1n) is 18.2. The predicted molar refractivity (Wildman–Crippen MR) is 206 cm³/mol. The Morgan fingerprint density at radius 2 is 0.816 bits per heavy atom. The Hall–Kier alpha value is -5.08. The second-order valence-electron chi connectivity index (χ2n) is 14.9. The van der Waals surface area contributed by atoms with Gasteiger partial charge in [-0.2, -0.15) is 0 Å². The summed E-state index contributed by atoms with van der Waals surface area (Å²) in [6, 6.07) is 54.2. The molecule has 2 nitrogen and oxygen atoms in total. The summed E-state index contributed by atoms with van der Waals surface area (Å²) in [4.78, 5) is 4.82. The van der Waals surface area contributed by atoms with E-state index in [0.29, 0.717) is 5.92 Å². The van der Waals surface area contributed by atoms with Crippen molar-refractivity contribution in [3.05, 3.63) is 168 Å². The SMILES string of the molecule is Cc1ccc(N(c2ccc(C)cc2)c2cc(-c3ccc4c(c3)C3CC5CC(CC4C5)C3)cc(N(c3ccccc3)c3ccccc3)c2)cc1. The van der Waals surface area contributed by atoms with Crippen molar-refractivity contribution in [1.29, 1.82) is 0 Å². The van der Waals surface area contributed by atoms with Gasteiger partial charge in [0.25, 0.3) is 0 Å². The molecule has 0 radical (unpaired) electrons. The van der Waals surface area contributed by atoms with Gasteiger partial charge in [0.1, 0.15) is 0 Å². The van der Waals surface area contributed by atoms with Crippen LogP contribution in [-0.4, -0.2) is 0 Å². The molecule has 49 heavy (non-hydrogen) atoms. The first-order chi connectivity index (χ1) is 24.1. The zero-order chi connectivity index (χ0) is 32.9.